The zero-order valence-electron chi connectivity index (χ0n) is 14.5. The number of piperidine rings is 1. The van der Waals surface area contributed by atoms with E-state index in [4.69, 9.17) is 9.15 Å². The van der Waals surface area contributed by atoms with E-state index in [1.54, 1.807) is 13.2 Å². The fourth-order valence-corrected chi connectivity index (χ4v) is 4.01. The van der Waals surface area contributed by atoms with E-state index in [2.05, 4.69) is 5.32 Å². The molecule has 1 N–H and O–H groups in total. The summed E-state index contributed by atoms with van der Waals surface area (Å²) in [7, 11) is -1.59. The first-order valence-corrected chi connectivity index (χ1v) is 9.97. The molecule has 0 radical (unpaired) electrons. The molecule has 1 saturated heterocycles. The molecule has 0 spiro atoms. The summed E-state index contributed by atoms with van der Waals surface area (Å²) in [6.45, 7) is 2.68. The molecule has 0 bridgehead atoms. The van der Waals surface area contributed by atoms with Crippen LogP contribution in [-0.2, 0) is 10.0 Å². The van der Waals surface area contributed by atoms with Gasteiger partial charge in [-0.15, -0.1) is 0 Å². The molecule has 8 heteroatoms. The highest BCUT2D eigenvalue weighted by Crippen LogP contribution is 2.28. The summed E-state index contributed by atoms with van der Waals surface area (Å²) >= 11 is 0. The number of nitrogens with zero attached hydrogens (tertiary/aromatic N) is 1. The molecule has 0 aliphatic carbocycles. The smallest absolute Gasteiger partial charge is 0.287 e. The Morgan fingerprint density at radius 3 is 2.60 bits per heavy atom. The van der Waals surface area contributed by atoms with Gasteiger partial charge in [0.05, 0.1) is 13.4 Å². The van der Waals surface area contributed by atoms with Crippen molar-refractivity contribution in [2.45, 2.75) is 25.8 Å². The van der Waals surface area contributed by atoms with Crippen LogP contribution in [0.4, 0.5) is 0 Å². The number of nitrogens with one attached hydrogen (secondary N) is 1. The Morgan fingerprint density at radius 1 is 1.32 bits per heavy atom. The van der Waals surface area contributed by atoms with Crippen LogP contribution in [0.15, 0.2) is 22.6 Å². The minimum absolute atomic E-state index is 0.0624. The summed E-state index contributed by atoms with van der Waals surface area (Å²) in [5.74, 6) is 0.681. The van der Waals surface area contributed by atoms with Gasteiger partial charge in [-0.1, -0.05) is 0 Å². The molecule has 0 unspecified atom stereocenters. The van der Waals surface area contributed by atoms with E-state index < -0.39 is 10.0 Å². The molecule has 2 aromatic rings. The Morgan fingerprint density at radius 2 is 2.00 bits per heavy atom. The third-order valence-corrected chi connectivity index (χ3v) is 5.91. The number of furan rings is 1. The number of sulfonamides is 1. The predicted octanol–water partition coefficient (Wildman–Crippen LogP) is 1.90. The number of benzene rings is 1. The maximum absolute atomic E-state index is 12.6. The van der Waals surface area contributed by atoms with Gasteiger partial charge in [0, 0.05) is 36.1 Å². The number of methoxy groups -OCH3 is 1. The van der Waals surface area contributed by atoms with Crippen LogP contribution in [0.1, 0.15) is 29.0 Å². The minimum Gasteiger partial charge on any atom is -0.497 e. The quantitative estimate of drug-likeness (QED) is 0.893. The number of carbonyl (C=O) groups is 1. The van der Waals surface area contributed by atoms with E-state index in [9.17, 15) is 13.2 Å². The van der Waals surface area contributed by atoms with Gasteiger partial charge in [-0.05, 0) is 31.9 Å². The summed E-state index contributed by atoms with van der Waals surface area (Å²) in [4.78, 5) is 12.6. The van der Waals surface area contributed by atoms with E-state index in [0.717, 1.165) is 10.9 Å². The topological polar surface area (TPSA) is 88.9 Å². The van der Waals surface area contributed by atoms with E-state index >= 15 is 0 Å². The van der Waals surface area contributed by atoms with Gasteiger partial charge < -0.3 is 14.5 Å². The molecule has 1 aromatic heterocycles. The molecule has 1 amide bonds. The first-order chi connectivity index (χ1) is 11.8. The lowest BCUT2D eigenvalue weighted by molar-refractivity contribution is 0.0897. The van der Waals surface area contributed by atoms with Crippen LogP contribution in [0.25, 0.3) is 11.0 Å². The first-order valence-electron chi connectivity index (χ1n) is 8.12. The highest BCUT2D eigenvalue weighted by Gasteiger charge is 2.27. The van der Waals surface area contributed by atoms with Crippen molar-refractivity contribution in [1.82, 2.24) is 9.62 Å². The fourth-order valence-electron chi connectivity index (χ4n) is 3.13. The highest BCUT2D eigenvalue weighted by atomic mass is 32.2. The summed E-state index contributed by atoms with van der Waals surface area (Å²) in [5, 5.41) is 3.83. The minimum atomic E-state index is -3.17. The van der Waals surface area contributed by atoms with Gasteiger partial charge in [0.1, 0.15) is 11.3 Å². The summed E-state index contributed by atoms with van der Waals surface area (Å²) in [5.41, 5.74) is 1.39. The first kappa shape index (κ1) is 17.8. The van der Waals surface area contributed by atoms with Gasteiger partial charge in [0.15, 0.2) is 5.76 Å². The van der Waals surface area contributed by atoms with Gasteiger partial charge in [0.25, 0.3) is 5.91 Å². The van der Waals surface area contributed by atoms with Crippen molar-refractivity contribution in [2.24, 2.45) is 0 Å². The maximum atomic E-state index is 12.6. The number of carbonyl (C=O) groups excluding carboxylic acids is 1. The summed E-state index contributed by atoms with van der Waals surface area (Å²) in [6.07, 6.45) is 2.38. The molecule has 25 heavy (non-hydrogen) atoms. The second-order valence-corrected chi connectivity index (χ2v) is 8.31. The number of hydrogen-bond donors (Lipinski definition) is 1. The van der Waals surface area contributed by atoms with E-state index in [-0.39, 0.29) is 17.7 Å². The number of hydrogen-bond acceptors (Lipinski definition) is 5. The number of fused-ring (bicyclic) bond motifs is 1. The van der Waals surface area contributed by atoms with Crippen molar-refractivity contribution in [3.8, 4) is 5.75 Å². The summed E-state index contributed by atoms with van der Waals surface area (Å²) < 4.78 is 35.4. The molecule has 3 rings (SSSR count). The van der Waals surface area contributed by atoms with Crippen LogP contribution in [0.2, 0.25) is 0 Å². The molecule has 7 nitrogen and oxygen atoms in total. The normalized spacial score (nSPS) is 16.9. The van der Waals surface area contributed by atoms with Crippen LogP contribution in [0.3, 0.4) is 0 Å². The van der Waals surface area contributed by atoms with Gasteiger partial charge in [0.2, 0.25) is 10.0 Å². The molecular formula is C17H22N2O5S. The molecule has 2 heterocycles. The Labute approximate surface area is 147 Å². The second kappa shape index (κ2) is 6.68. The van der Waals surface area contributed by atoms with Crippen molar-refractivity contribution in [1.29, 1.82) is 0 Å². The lowest BCUT2D eigenvalue weighted by Gasteiger charge is -2.30. The average molecular weight is 366 g/mol. The van der Waals surface area contributed by atoms with Crippen LogP contribution in [0.5, 0.6) is 5.75 Å². The molecule has 136 valence electrons. The third kappa shape index (κ3) is 3.64. The molecule has 0 saturated carbocycles. The monoisotopic (exact) mass is 366 g/mol. The van der Waals surface area contributed by atoms with Crippen molar-refractivity contribution < 1.29 is 22.4 Å². The van der Waals surface area contributed by atoms with Crippen molar-refractivity contribution in [3.05, 3.63) is 29.5 Å². The Hall–Kier alpha value is -2.06. The predicted molar refractivity (Wildman–Crippen MR) is 94.4 cm³/mol. The van der Waals surface area contributed by atoms with Crippen LogP contribution < -0.4 is 10.1 Å². The van der Waals surface area contributed by atoms with Crippen LogP contribution in [-0.4, -0.2) is 51.1 Å². The summed E-state index contributed by atoms with van der Waals surface area (Å²) in [6, 6.07) is 5.39. The average Bonchev–Trinajstić information content (AvgIpc) is 2.91. The number of rotatable bonds is 4. The maximum Gasteiger partial charge on any atom is 0.287 e. The molecule has 1 aliphatic heterocycles. The van der Waals surface area contributed by atoms with E-state index in [1.165, 1.54) is 10.6 Å². The molecular weight excluding hydrogens is 344 g/mol. The fraction of sp³-hybridized carbons (Fsp3) is 0.471. The zero-order valence-corrected chi connectivity index (χ0v) is 15.4. The van der Waals surface area contributed by atoms with Gasteiger partial charge >= 0.3 is 0 Å². The lowest BCUT2D eigenvalue weighted by atomic mass is 10.1. The Balaban J connectivity index is 1.72. The standard InChI is InChI=1S/C17H22N2O5S/c1-11-14-5-4-13(23-2)10-15(14)24-16(11)17(20)18-12-6-8-19(9-7-12)25(3,21)22/h4-5,10,12H,6-9H2,1-3H3,(H,18,20). The Kier molecular flexibility index (Phi) is 4.75. The van der Waals surface area contributed by atoms with Crippen molar-refractivity contribution in [3.63, 3.8) is 0 Å². The lowest BCUT2D eigenvalue weighted by Crippen LogP contribution is -2.46. The van der Waals surface area contributed by atoms with E-state index in [1.807, 2.05) is 19.1 Å². The van der Waals surface area contributed by atoms with Crippen molar-refractivity contribution >= 4 is 26.9 Å². The van der Waals surface area contributed by atoms with Gasteiger partial charge in [-0.25, -0.2) is 12.7 Å². The zero-order chi connectivity index (χ0) is 18.2. The largest absolute Gasteiger partial charge is 0.497 e. The highest BCUT2D eigenvalue weighted by molar-refractivity contribution is 7.88. The van der Waals surface area contributed by atoms with Gasteiger partial charge in [-0.3, -0.25) is 4.79 Å². The second-order valence-electron chi connectivity index (χ2n) is 6.33. The third-order valence-electron chi connectivity index (χ3n) is 4.61. The Bertz CT molecular complexity index is 895. The van der Waals surface area contributed by atoms with E-state index in [0.29, 0.717) is 37.3 Å². The number of ether oxygens (including phenoxy) is 1. The van der Waals surface area contributed by atoms with Gasteiger partial charge in [-0.2, -0.15) is 0 Å². The molecule has 0 atom stereocenters. The van der Waals surface area contributed by atoms with Crippen LogP contribution in [0, 0.1) is 6.92 Å². The van der Waals surface area contributed by atoms with Crippen LogP contribution >= 0.6 is 0 Å². The van der Waals surface area contributed by atoms with Crippen molar-refractivity contribution in [2.75, 3.05) is 26.5 Å². The molecule has 1 aliphatic rings. The molecule has 1 aromatic carbocycles. The number of aryl methyl sites for hydroxylation is 1. The SMILES string of the molecule is COc1ccc2c(C)c(C(=O)NC3CCN(S(C)(=O)=O)CC3)oc2c1. The number of amides is 1. The molecule has 1 fully saturated rings.